The van der Waals surface area contributed by atoms with E-state index in [0.717, 1.165) is 5.56 Å². The summed E-state index contributed by atoms with van der Waals surface area (Å²) in [7, 11) is -3.51. The van der Waals surface area contributed by atoms with Gasteiger partial charge in [0.1, 0.15) is 0 Å². The van der Waals surface area contributed by atoms with Gasteiger partial charge in [0.25, 0.3) is 0 Å². The molecule has 4 nitrogen and oxygen atoms in total. The van der Waals surface area contributed by atoms with Gasteiger partial charge in [-0.3, -0.25) is 0 Å². The van der Waals surface area contributed by atoms with Crippen LogP contribution in [0.4, 0.5) is 0 Å². The SMILES string of the molecule is CC(C)NCc1ccc(S(=O)(=O)NC(C)(C)C)c(Br)c1. The molecule has 0 aliphatic heterocycles. The van der Waals surface area contributed by atoms with Crippen LogP contribution in [0.2, 0.25) is 0 Å². The van der Waals surface area contributed by atoms with E-state index in [1.807, 2.05) is 32.9 Å². The summed E-state index contributed by atoms with van der Waals surface area (Å²) in [6, 6.07) is 5.69. The van der Waals surface area contributed by atoms with Crippen LogP contribution in [0.5, 0.6) is 0 Å². The van der Waals surface area contributed by atoms with E-state index < -0.39 is 15.6 Å². The van der Waals surface area contributed by atoms with Gasteiger partial charge >= 0.3 is 0 Å². The number of rotatable bonds is 5. The Morgan fingerprint density at radius 3 is 2.30 bits per heavy atom. The Balaban J connectivity index is 2.98. The van der Waals surface area contributed by atoms with Gasteiger partial charge < -0.3 is 5.32 Å². The molecule has 0 unspecified atom stereocenters. The Morgan fingerprint density at radius 2 is 1.85 bits per heavy atom. The van der Waals surface area contributed by atoms with Crippen LogP contribution in [0.15, 0.2) is 27.6 Å². The van der Waals surface area contributed by atoms with Gasteiger partial charge in [-0.15, -0.1) is 0 Å². The molecule has 0 fully saturated rings. The summed E-state index contributed by atoms with van der Waals surface area (Å²) in [5.41, 5.74) is 0.538. The standard InChI is InChI=1S/C14H23BrN2O2S/c1-10(2)16-9-11-6-7-13(12(15)8-11)20(18,19)17-14(3,4)5/h6-8,10,16-17H,9H2,1-5H3. The van der Waals surface area contributed by atoms with Crippen molar-refractivity contribution in [3.63, 3.8) is 0 Å². The third-order valence-corrected chi connectivity index (χ3v) is 5.18. The number of hydrogen-bond acceptors (Lipinski definition) is 3. The summed E-state index contributed by atoms with van der Waals surface area (Å²) in [5, 5.41) is 3.30. The zero-order valence-electron chi connectivity index (χ0n) is 12.6. The number of hydrogen-bond donors (Lipinski definition) is 2. The lowest BCUT2D eigenvalue weighted by atomic mass is 10.1. The molecule has 0 bridgehead atoms. The highest BCUT2D eigenvalue weighted by Crippen LogP contribution is 2.24. The molecule has 20 heavy (non-hydrogen) atoms. The molecule has 0 saturated heterocycles. The van der Waals surface area contributed by atoms with Gasteiger partial charge in [0.05, 0.1) is 4.90 Å². The largest absolute Gasteiger partial charge is 0.310 e. The first kappa shape index (κ1) is 17.6. The van der Waals surface area contributed by atoms with Crippen LogP contribution < -0.4 is 10.0 Å². The topological polar surface area (TPSA) is 58.2 Å². The molecule has 0 heterocycles. The van der Waals surface area contributed by atoms with Crippen LogP contribution in [0.1, 0.15) is 40.2 Å². The van der Waals surface area contributed by atoms with Crippen LogP contribution in [0, 0.1) is 0 Å². The monoisotopic (exact) mass is 362 g/mol. The Hall–Kier alpha value is -0.430. The van der Waals surface area contributed by atoms with Crippen molar-refractivity contribution in [2.75, 3.05) is 0 Å². The molecule has 0 saturated carbocycles. The highest BCUT2D eigenvalue weighted by Gasteiger charge is 2.24. The van der Waals surface area contributed by atoms with Crippen LogP contribution in [-0.2, 0) is 16.6 Å². The fraction of sp³-hybridized carbons (Fsp3) is 0.571. The van der Waals surface area contributed by atoms with Crippen LogP contribution in [0.25, 0.3) is 0 Å². The minimum Gasteiger partial charge on any atom is -0.310 e. The molecule has 0 atom stereocenters. The predicted octanol–water partition coefficient (Wildman–Crippen LogP) is 3.02. The predicted molar refractivity (Wildman–Crippen MR) is 86.2 cm³/mol. The van der Waals surface area contributed by atoms with E-state index in [4.69, 9.17) is 0 Å². The Morgan fingerprint density at radius 1 is 1.25 bits per heavy atom. The van der Waals surface area contributed by atoms with E-state index in [9.17, 15) is 8.42 Å². The minimum atomic E-state index is -3.51. The van der Waals surface area contributed by atoms with Crippen molar-refractivity contribution in [3.8, 4) is 0 Å². The molecular weight excluding hydrogens is 340 g/mol. The molecule has 1 rings (SSSR count). The third kappa shape index (κ3) is 5.52. The summed E-state index contributed by atoms with van der Waals surface area (Å²) in [4.78, 5) is 0.265. The van der Waals surface area contributed by atoms with Gasteiger partial charge in [-0.25, -0.2) is 13.1 Å². The zero-order valence-corrected chi connectivity index (χ0v) is 15.0. The molecule has 0 radical (unpaired) electrons. The van der Waals surface area contributed by atoms with Crippen molar-refractivity contribution in [1.29, 1.82) is 0 Å². The van der Waals surface area contributed by atoms with Crippen molar-refractivity contribution in [2.45, 2.75) is 57.6 Å². The van der Waals surface area contributed by atoms with E-state index in [1.54, 1.807) is 6.07 Å². The average Bonchev–Trinajstić information content (AvgIpc) is 2.22. The third-order valence-electron chi connectivity index (χ3n) is 2.44. The Labute approximate surface area is 130 Å². The highest BCUT2D eigenvalue weighted by molar-refractivity contribution is 9.10. The van der Waals surface area contributed by atoms with Gasteiger partial charge in [-0.1, -0.05) is 19.9 Å². The lowest BCUT2D eigenvalue weighted by Crippen LogP contribution is -2.40. The maximum atomic E-state index is 12.3. The molecule has 2 N–H and O–H groups in total. The second kappa shape index (κ2) is 6.56. The molecule has 114 valence electrons. The normalized spacial score (nSPS) is 12.9. The van der Waals surface area contributed by atoms with Crippen molar-refractivity contribution in [3.05, 3.63) is 28.2 Å². The van der Waals surface area contributed by atoms with Crippen molar-refractivity contribution in [2.24, 2.45) is 0 Å². The first-order valence-electron chi connectivity index (χ1n) is 6.57. The number of sulfonamides is 1. The Bertz CT molecular complexity index is 563. The van der Waals surface area contributed by atoms with Crippen molar-refractivity contribution < 1.29 is 8.42 Å². The van der Waals surface area contributed by atoms with Crippen molar-refractivity contribution in [1.82, 2.24) is 10.0 Å². The van der Waals surface area contributed by atoms with Crippen LogP contribution >= 0.6 is 15.9 Å². The van der Waals surface area contributed by atoms with Crippen LogP contribution in [-0.4, -0.2) is 20.0 Å². The molecule has 0 spiro atoms. The van der Waals surface area contributed by atoms with Crippen LogP contribution in [0.3, 0.4) is 0 Å². The molecular formula is C14H23BrN2O2S. The first-order chi connectivity index (χ1) is 9.01. The molecule has 1 aromatic carbocycles. The summed E-state index contributed by atoms with van der Waals surface area (Å²) in [5.74, 6) is 0. The van der Waals surface area contributed by atoms with E-state index >= 15 is 0 Å². The smallest absolute Gasteiger partial charge is 0.242 e. The van der Waals surface area contributed by atoms with E-state index in [0.29, 0.717) is 17.1 Å². The lowest BCUT2D eigenvalue weighted by Gasteiger charge is -2.21. The summed E-state index contributed by atoms with van der Waals surface area (Å²) >= 11 is 3.35. The molecule has 0 aliphatic carbocycles. The van der Waals surface area contributed by atoms with E-state index in [-0.39, 0.29) is 4.90 Å². The Kier molecular flexibility index (Phi) is 5.78. The first-order valence-corrected chi connectivity index (χ1v) is 8.85. The summed E-state index contributed by atoms with van der Waals surface area (Å²) in [6.07, 6.45) is 0. The molecule has 0 aromatic heterocycles. The van der Waals surface area contributed by atoms with E-state index in [1.165, 1.54) is 0 Å². The average molecular weight is 363 g/mol. The second-order valence-electron chi connectivity index (χ2n) is 6.16. The maximum Gasteiger partial charge on any atom is 0.242 e. The molecule has 0 aliphatic rings. The number of halogens is 1. The lowest BCUT2D eigenvalue weighted by molar-refractivity contribution is 0.491. The molecule has 1 aromatic rings. The minimum absolute atomic E-state index is 0.265. The highest BCUT2D eigenvalue weighted by atomic mass is 79.9. The molecule has 6 heteroatoms. The summed E-state index contributed by atoms with van der Waals surface area (Å²) in [6.45, 7) is 10.3. The van der Waals surface area contributed by atoms with Gasteiger partial charge in [-0.05, 0) is 54.4 Å². The van der Waals surface area contributed by atoms with Gasteiger partial charge in [0.2, 0.25) is 10.0 Å². The molecule has 0 amide bonds. The quantitative estimate of drug-likeness (QED) is 0.846. The fourth-order valence-electron chi connectivity index (χ4n) is 1.65. The van der Waals surface area contributed by atoms with Crippen molar-refractivity contribution >= 4 is 26.0 Å². The van der Waals surface area contributed by atoms with E-state index in [2.05, 4.69) is 39.8 Å². The maximum absolute atomic E-state index is 12.3. The second-order valence-corrected chi connectivity index (χ2v) is 8.66. The zero-order chi connectivity index (χ0) is 15.6. The van der Waals surface area contributed by atoms with Gasteiger partial charge in [-0.2, -0.15) is 0 Å². The van der Waals surface area contributed by atoms with Gasteiger partial charge in [0.15, 0.2) is 0 Å². The number of benzene rings is 1. The van der Waals surface area contributed by atoms with Gasteiger partial charge in [0, 0.05) is 22.6 Å². The fourth-order valence-corrected chi connectivity index (χ4v) is 4.20. The summed E-state index contributed by atoms with van der Waals surface area (Å²) < 4.78 is 27.8. The number of nitrogens with one attached hydrogen (secondary N) is 2.